The lowest BCUT2D eigenvalue weighted by Crippen LogP contribution is -2.29. The molecule has 0 saturated heterocycles. The number of rotatable bonds is 7. The van der Waals surface area contributed by atoms with E-state index in [-0.39, 0.29) is 5.91 Å². The van der Waals surface area contributed by atoms with Crippen molar-refractivity contribution in [2.75, 3.05) is 13.2 Å². The van der Waals surface area contributed by atoms with Gasteiger partial charge in [-0.1, -0.05) is 50.2 Å². The minimum Gasteiger partial charge on any atom is -0.492 e. The van der Waals surface area contributed by atoms with Crippen LogP contribution < -0.4 is 10.1 Å². The third-order valence-electron chi connectivity index (χ3n) is 5.55. The second-order valence-corrected chi connectivity index (χ2v) is 8.25. The number of carbonyl (C=O) groups excluding carboxylic acids is 1. The van der Waals surface area contributed by atoms with Gasteiger partial charge in [0.15, 0.2) is 5.65 Å². The standard InChI is InChI=1S/C26H28N4O2/c1-17(2)20-8-10-21(11-9-20)24-16-29-30-19(4)23(15-28-25(24)30)26(31)27-12-13-32-22-7-5-6-18(3)14-22/h5-11,14-17H,12-13H2,1-4H3,(H,27,31). The molecule has 4 rings (SSSR count). The molecule has 0 unspecified atom stereocenters. The molecule has 2 heterocycles. The fourth-order valence-electron chi connectivity index (χ4n) is 3.65. The summed E-state index contributed by atoms with van der Waals surface area (Å²) in [4.78, 5) is 17.3. The first-order chi connectivity index (χ1) is 15.4. The Morgan fingerprint density at radius 3 is 2.59 bits per heavy atom. The van der Waals surface area contributed by atoms with Crippen molar-refractivity contribution in [3.05, 3.63) is 83.3 Å². The van der Waals surface area contributed by atoms with E-state index < -0.39 is 0 Å². The molecule has 2 aromatic carbocycles. The number of carbonyl (C=O) groups is 1. The van der Waals surface area contributed by atoms with Gasteiger partial charge in [0, 0.05) is 11.8 Å². The maximum absolute atomic E-state index is 12.7. The summed E-state index contributed by atoms with van der Waals surface area (Å²) in [5.41, 5.74) is 6.41. The molecule has 0 atom stereocenters. The molecule has 0 spiro atoms. The first-order valence-corrected chi connectivity index (χ1v) is 10.9. The van der Waals surface area contributed by atoms with E-state index in [4.69, 9.17) is 4.74 Å². The first-order valence-electron chi connectivity index (χ1n) is 10.9. The SMILES string of the molecule is Cc1cccc(OCCNC(=O)c2cnc3c(-c4ccc(C(C)C)cc4)cnn3c2C)c1. The van der Waals surface area contributed by atoms with Crippen LogP contribution in [0.1, 0.15) is 46.9 Å². The molecule has 0 aliphatic heterocycles. The van der Waals surface area contributed by atoms with E-state index in [0.29, 0.717) is 24.6 Å². The number of ether oxygens (including phenoxy) is 1. The van der Waals surface area contributed by atoms with Crippen LogP contribution in [0.2, 0.25) is 0 Å². The van der Waals surface area contributed by atoms with E-state index in [2.05, 4.69) is 53.5 Å². The van der Waals surface area contributed by atoms with Crippen LogP contribution in [0, 0.1) is 13.8 Å². The lowest BCUT2D eigenvalue weighted by atomic mass is 10.00. The minimum absolute atomic E-state index is 0.192. The maximum atomic E-state index is 12.7. The average molecular weight is 429 g/mol. The van der Waals surface area contributed by atoms with Gasteiger partial charge < -0.3 is 10.1 Å². The summed E-state index contributed by atoms with van der Waals surface area (Å²) >= 11 is 0. The highest BCUT2D eigenvalue weighted by Gasteiger charge is 2.16. The van der Waals surface area contributed by atoms with Gasteiger partial charge in [0.05, 0.1) is 24.0 Å². The van der Waals surface area contributed by atoms with E-state index in [0.717, 1.165) is 33.8 Å². The fourth-order valence-corrected chi connectivity index (χ4v) is 3.65. The van der Waals surface area contributed by atoms with Crippen molar-refractivity contribution in [3.63, 3.8) is 0 Å². The maximum Gasteiger partial charge on any atom is 0.254 e. The van der Waals surface area contributed by atoms with Gasteiger partial charge in [0.25, 0.3) is 5.91 Å². The Kier molecular flexibility index (Phi) is 6.21. The van der Waals surface area contributed by atoms with Gasteiger partial charge in [-0.05, 0) is 48.6 Å². The van der Waals surface area contributed by atoms with Gasteiger partial charge in [-0.15, -0.1) is 0 Å². The number of fused-ring (bicyclic) bond motifs is 1. The van der Waals surface area contributed by atoms with Crippen molar-refractivity contribution in [1.82, 2.24) is 19.9 Å². The van der Waals surface area contributed by atoms with Crippen molar-refractivity contribution >= 4 is 11.6 Å². The number of hydrogen-bond donors (Lipinski definition) is 1. The summed E-state index contributed by atoms with van der Waals surface area (Å²) in [6, 6.07) is 16.3. The van der Waals surface area contributed by atoms with E-state index in [9.17, 15) is 4.79 Å². The van der Waals surface area contributed by atoms with Gasteiger partial charge in [-0.3, -0.25) is 4.79 Å². The quantitative estimate of drug-likeness (QED) is 0.423. The summed E-state index contributed by atoms with van der Waals surface area (Å²) < 4.78 is 7.43. The van der Waals surface area contributed by atoms with Gasteiger partial charge in [0.1, 0.15) is 12.4 Å². The molecule has 164 valence electrons. The number of hydrogen-bond acceptors (Lipinski definition) is 4. The van der Waals surface area contributed by atoms with Crippen molar-refractivity contribution in [3.8, 4) is 16.9 Å². The molecule has 1 N–H and O–H groups in total. The van der Waals surface area contributed by atoms with E-state index in [1.807, 2.05) is 38.1 Å². The third-order valence-corrected chi connectivity index (χ3v) is 5.55. The van der Waals surface area contributed by atoms with Crippen molar-refractivity contribution in [2.24, 2.45) is 0 Å². The Hall–Kier alpha value is -3.67. The molecule has 32 heavy (non-hydrogen) atoms. The van der Waals surface area contributed by atoms with Gasteiger partial charge in [-0.25, -0.2) is 9.50 Å². The van der Waals surface area contributed by atoms with Crippen molar-refractivity contribution in [1.29, 1.82) is 0 Å². The Morgan fingerprint density at radius 1 is 1.09 bits per heavy atom. The van der Waals surface area contributed by atoms with Crippen LogP contribution in [0.4, 0.5) is 0 Å². The number of nitrogens with zero attached hydrogens (tertiary/aromatic N) is 3. The monoisotopic (exact) mass is 428 g/mol. The van der Waals surface area contributed by atoms with Crippen LogP contribution in [-0.2, 0) is 0 Å². The molecule has 0 radical (unpaired) electrons. The molecule has 0 saturated carbocycles. The predicted octanol–water partition coefficient (Wildman–Crippen LogP) is 4.95. The molecule has 6 heteroatoms. The van der Waals surface area contributed by atoms with Crippen LogP contribution in [0.5, 0.6) is 5.75 Å². The van der Waals surface area contributed by atoms with Crippen LogP contribution in [0.15, 0.2) is 60.9 Å². The van der Waals surface area contributed by atoms with Gasteiger partial charge >= 0.3 is 0 Å². The topological polar surface area (TPSA) is 68.5 Å². The van der Waals surface area contributed by atoms with E-state index in [1.165, 1.54) is 5.56 Å². The summed E-state index contributed by atoms with van der Waals surface area (Å²) in [6.45, 7) is 9.04. The third kappa shape index (κ3) is 4.49. The highest BCUT2D eigenvalue weighted by molar-refractivity contribution is 5.95. The van der Waals surface area contributed by atoms with E-state index >= 15 is 0 Å². The van der Waals surface area contributed by atoms with Gasteiger partial charge in [0.2, 0.25) is 0 Å². The van der Waals surface area contributed by atoms with Crippen LogP contribution in [0.25, 0.3) is 16.8 Å². The molecule has 0 fully saturated rings. The lowest BCUT2D eigenvalue weighted by molar-refractivity contribution is 0.0945. The summed E-state index contributed by atoms with van der Waals surface area (Å²) in [5.74, 6) is 1.09. The zero-order valence-corrected chi connectivity index (χ0v) is 18.9. The summed E-state index contributed by atoms with van der Waals surface area (Å²) in [5, 5.41) is 7.39. The Labute approximate surface area is 188 Å². The minimum atomic E-state index is -0.192. The number of nitrogens with one attached hydrogen (secondary N) is 1. The largest absolute Gasteiger partial charge is 0.492 e. The second-order valence-electron chi connectivity index (χ2n) is 8.25. The molecular formula is C26H28N4O2. The molecule has 0 aliphatic rings. The zero-order valence-electron chi connectivity index (χ0n) is 18.9. The molecule has 6 nitrogen and oxygen atoms in total. The number of benzene rings is 2. The number of aryl methyl sites for hydroxylation is 2. The lowest BCUT2D eigenvalue weighted by Gasteiger charge is -2.10. The van der Waals surface area contributed by atoms with E-state index in [1.54, 1.807) is 16.9 Å². The smallest absolute Gasteiger partial charge is 0.254 e. The Balaban J connectivity index is 1.45. The highest BCUT2D eigenvalue weighted by Crippen LogP contribution is 2.26. The highest BCUT2D eigenvalue weighted by atomic mass is 16.5. The molecule has 2 aromatic heterocycles. The molecule has 4 aromatic rings. The van der Waals surface area contributed by atoms with Crippen molar-refractivity contribution in [2.45, 2.75) is 33.6 Å². The van der Waals surface area contributed by atoms with Gasteiger partial charge in [-0.2, -0.15) is 5.10 Å². The molecule has 0 bridgehead atoms. The molecule has 0 aliphatic carbocycles. The number of amides is 1. The van der Waals surface area contributed by atoms with Crippen molar-refractivity contribution < 1.29 is 9.53 Å². The Morgan fingerprint density at radius 2 is 1.88 bits per heavy atom. The van der Waals surface area contributed by atoms with Crippen LogP contribution >= 0.6 is 0 Å². The second kappa shape index (κ2) is 9.22. The molecule has 1 amide bonds. The normalized spacial score (nSPS) is 11.2. The zero-order chi connectivity index (χ0) is 22.7. The number of aromatic nitrogens is 3. The summed E-state index contributed by atoms with van der Waals surface area (Å²) in [6.07, 6.45) is 3.42. The first kappa shape index (κ1) is 21.6. The van der Waals surface area contributed by atoms with Crippen LogP contribution in [-0.4, -0.2) is 33.7 Å². The molecular weight excluding hydrogens is 400 g/mol. The Bertz CT molecular complexity index is 1240. The van der Waals surface area contributed by atoms with Crippen LogP contribution in [0.3, 0.4) is 0 Å². The summed E-state index contributed by atoms with van der Waals surface area (Å²) in [7, 11) is 0. The fraction of sp³-hybridized carbons (Fsp3) is 0.269. The predicted molar refractivity (Wildman–Crippen MR) is 126 cm³/mol. The average Bonchev–Trinajstić information content (AvgIpc) is 3.22.